The van der Waals surface area contributed by atoms with Crippen molar-refractivity contribution in [2.24, 2.45) is 0 Å². The Hall–Kier alpha value is -2.13. The molecule has 0 radical (unpaired) electrons. The predicted octanol–water partition coefficient (Wildman–Crippen LogP) is 1.68. The molecule has 128 valence electrons. The van der Waals surface area contributed by atoms with Gasteiger partial charge >= 0.3 is 0 Å². The van der Waals surface area contributed by atoms with Crippen LogP contribution in [0.3, 0.4) is 0 Å². The zero-order valence-corrected chi connectivity index (χ0v) is 14.0. The monoisotopic (exact) mass is 351 g/mol. The van der Waals surface area contributed by atoms with Gasteiger partial charge in [0.2, 0.25) is 15.9 Å². The number of hydrogen-bond acceptors (Lipinski definition) is 7. The third-order valence-electron chi connectivity index (χ3n) is 4.15. The zero-order valence-electron chi connectivity index (χ0n) is 13.1. The van der Waals surface area contributed by atoms with E-state index in [1.807, 2.05) is 0 Å². The Morgan fingerprint density at radius 1 is 1.21 bits per heavy atom. The van der Waals surface area contributed by atoms with Crippen LogP contribution in [0.15, 0.2) is 27.6 Å². The maximum atomic E-state index is 13.1. The normalized spacial score (nSPS) is 21.1. The first-order valence-corrected chi connectivity index (χ1v) is 9.21. The summed E-state index contributed by atoms with van der Waals surface area (Å²) in [6, 6.07) is 4.25. The average Bonchev–Trinajstić information content (AvgIpc) is 3.23. The number of nitrogens with zero attached hydrogens (tertiary/aromatic N) is 3. The van der Waals surface area contributed by atoms with Gasteiger partial charge in [-0.05, 0) is 31.9 Å². The van der Waals surface area contributed by atoms with Crippen LogP contribution in [0.4, 0.5) is 0 Å². The number of fused-ring (bicyclic) bond motifs is 1. The van der Waals surface area contributed by atoms with Crippen LogP contribution in [-0.4, -0.2) is 42.6 Å². The molecule has 1 aromatic heterocycles. The van der Waals surface area contributed by atoms with Gasteiger partial charge < -0.3 is 14.0 Å². The molecule has 0 saturated carbocycles. The molecule has 0 bridgehead atoms. The Morgan fingerprint density at radius 2 is 2.00 bits per heavy atom. The smallest absolute Gasteiger partial charge is 0.245 e. The van der Waals surface area contributed by atoms with Gasteiger partial charge in [-0.2, -0.15) is 9.29 Å². The molecule has 1 unspecified atom stereocenters. The summed E-state index contributed by atoms with van der Waals surface area (Å²) in [6.45, 7) is 3.00. The fourth-order valence-corrected chi connectivity index (χ4v) is 4.71. The van der Waals surface area contributed by atoms with Gasteiger partial charge in [-0.3, -0.25) is 0 Å². The van der Waals surface area contributed by atoms with E-state index < -0.39 is 16.1 Å². The van der Waals surface area contributed by atoms with E-state index in [0.717, 1.165) is 6.42 Å². The van der Waals surface area contributed by atoms with Gasteiger partial charge in [-0.25, -0.2) is 8.42 Å². The standard InChI is InChI=1S/C15H17N3O5S/c1-10-16-15(23-17-10)12-3-2-6-18(12)24(19,20)11-4-5-13-14(9-11)22-8-7-21-13/h4-5,9,12H,2-3,6-8H2,1H3. The lowest BCUT2D eigenvalue weighted by Crippen LogP contribution is -2.31. The number of ether oxygens (including phenoxy) is 2. The van der Waals surface area contributed by atoms with Crippen molar-refractivity contribution in [3.05, 3.63) is 29.9 Å². The molecule has 2 aliphatic rings. The third kappa shape index (κ3) is 2.53. The molecule has 3 heterocycles. The second kappa shape index (κ2) is 5.75. The Bertz CT molecular complexity index is 864. The molecule has 8 nitrogen and oxygen atoms in total. The molecular formula is C15H17N3O5S. The maximum absolute atomic E-state index is 13.1. The van der Waals surface area contributed by atoms with Crippen molar-refractivity contribution in [2.75, 3.05) is 19.8 Å². The van der Waals surface area contributed by atoms with E-state index in [-0.39, 0.29) is 4.90 Å². The fourth-order valence-electron chi connectivity index (χ4n) is 3.04. The molecule has 0 spiro atoms. The number of aromatic nitrogens is 2. The molecule has 1 aromatic carbocycles. The van der Waals surface area contributed by atoms with Crippen molar-refractivity contribution in [1.29, 1.82) is 0 Å². The highest BCUT2D eigenvalue weighted by Gasteiger charge is 2.39. The van der Waals surface area contributed by atoms with Crippen molar-refractivity contribution in [1.82, 2.24) is 14.4 Å². The molecule has 1 fully saturated rings. The van der Waals surface area contributed by atoms with Crippen LogP contribution in [0.5, 0.6) is 11.5 Å². The van der Waals surface area contributed by atoms with Gasteiger partial charge in [0.1, 0.15) is 19.3 Å². The lowest BCUT2D eigenvalue weighted by molar-refractivity contribution is 0.171. The first kappa shape index (κ1) is 15.4. The van der Waals surface area contributed by atoms with Crippen molar-refractivity contribution in [2.45, 2.75) is 30.7 Å². The molecule has 0 amide bonds. The summed E-state index contributed by atoms with van der Waals surface area (Å²) < 4.78 is 43.6. The SMILES string of the molecule is Cc1noc(C2CCCN2S(=O)(=O)c2ccc3c(c2)OCCO3)n1. The van der Waals surface area contributed by atoms with Crippen molar-refractivity contribution < 1.29 is 22.4 Å². The van der Waals surface area contributed by atoms with Crippen molar-refractivity contribution in [3.8, 4) is 11.5 Å². The van der Waals surface area contributed by atoms with Crippen LogP contribution in [0.1, 0.15) is 30.6 Å². The van der Waals surface area contributed by atoms with E-state index in [1.165, 1.54) is 16.4 Å². The average molecular weight is 351 g/mol. The molecule has 4 rings (SSSR count). The van der Waals surface area contributed by atoms with Gasteiger partial charge in [0.25, 0.3) is 0 Å². The Morgan fingerprint density at radius 3 is 2.75 bits per heavy atom. The quantitative estimate of drug-likeness (QED) is 0.830. The van der Waals surface area contributed by atoms with Crippen LogP contribution in [0.25, 0.3) is 0 Å². The Kier molecular flexibility index (Phi) is 3.69. The number of benzene rings is 1. The lowest BCUT2D eigenvalue weighted by Gasteiger charge is -2.23. The van der Waals surface area contributed by atoms with E-state index in [0.29, 0.717) is 49.4 Å². The minimum Gasteiger partial charge on any atom is -0.486 e. The van der Waals surface area contributed by atoms with Crippen LogP contribution >= 0.6 is 0 Å². The van der Waals surface area contributed by atoms with Crippen LogP contribution < -0.4 is 9.47 Å². The van der Waals surface area contributed by atoms with Gasteiger partial charge in [-0.15, -0.1) is 0 Å². The van der Waals surface area contributed by atoms with E-state index >= 15 is 0 Å². The summed E-state index contributed by atoms with van der Waals surface area (Å²) in [5.74, 6) is 1.84. The number of rotatable bonds is 3. The number of hydrogen-bond donors (Lipinski definition) is 0. The molecule has 2 aliphatic heterocycles. The van der Waals surface area contributed by atoms with E-state index in [1.54, 1.807) is 13.0 Å². The first-order chi connectivity index (χ1) is 11.6. The fraction of sp³-hybridized carbons (Fsp3) is 0.467. The second-order valence-corrected chi connectivity index (χ2v) is 7.65. The van der Waals surface area contributed by atoms with E-state index in [9.17, 15) is 8.42 Å². The number of sulfonamides is 1. The minimum atomic E-state index is -3.69. The molecule has 1 saturated heterocycles. The van der Waals surface area contributed by atoms with Gasteiger partial charge in [0.15, 0.2) is 17.3 Å². The summed E-state index contributed by atoms with van der Waals surface area (Å²) in [5.41, 5.74) is 0. The lowest BCUT2D eigenvalue weighted by atomic mass is 10.2. The zero-order chi connectivity index (χ0) is 16.7. The van der Waals surface area contributed by atoms with Crippen molar-refractivity contribution in [3.63, 3.8) is 0 Å². The largest absolute Gasteiger partial charge is 0.486 e. The molecule has 2 aromatic rings. The summed E-state index contributed by atoms with van der Waals surface area (Å²) >= 11 is 0. The molecule has 0 N–H and O–H groups in total. The van der Waals surface area contributed by atoms with Crippen molar-refractivity contribution >= 4 is 10.0 Å². The molecule has 9 heteroatoms. The van der Waals surface area contributed by atoms with Crippen LogP contribution in [0.2, 0.25) is 0 Å². The molecule has 1 atom stereocenters. The first-order valence-electron chi connectivity index (χ1n) is 7.77. The third-order valence-corrected chi connectivity index (χ3v) is 6.06. The van der Waals surface area contributed by atoms with Gasteiger partial charge in [0, 0.05) is 12.6 Å². The molecular weight excluding hydrogens is 334 g/mol. The summed E-state index contributed by atoms with van der Waals surface area (Å²) in [4.78, 5) is 4.37. The highest BCUT2D eigenvalue weighted by atomic mass is 32.2. The summed E-state index contributed by atoms with van der Waals surface area (Å²) in [6.07, 6.45) is 1.40. The Balaban J connectivity index is 1.69. The van der Waals surface area contributed by atoms with Crippen LogP contribution in [-0.2, 0) is 10.0 Å². The van der Waals surface area contributed by atoms with E-state index in [2.05, 4.69) is 10.1 Å². The summed E-state index contributed by atoms with van der Waals surface area (Å²) in [5, 5.41) is 3.76. The molecule has 24 heavy (non-hydrogen) atoms. The van der Waals surface area contributed by atoms with E-state index in [4.69, 9.17) is 14.0 Å². The molecule has 0 aliphatic carbocycles. The highest BCUT2D eigenvalue weighted by Crippen LogP contribution is 2.38. The Labute approximate surface area is 139 Å². The van der Waals surface area contributed by atoms with Crippen LogP contribution in [0, 0.1) is 6.92 Å². The minimum absolute atomic E-state index is 0.176. The number of aryl methyl sites for hydroxylation is 1. The maximum Gasteiger partial charge on any atom is 0.245 e. The van der Waals surface area contributed by atoms with Gasteiger partial charge in [0.05, 0.1) is 4.90 Å². The van der Waals surface area contributed by atoms with Gasteiger partial charge in [-0.1, -0.05) is 5.16 Å². The predicted molar refractivity (Wildman–Crippen MR) is 82.3 cm³/mol. The highest BCUT2D eigenvalue weighted by molar-refractivity contribution is 7.89. The second-order valence-electron chi connectivity index (χ2n) is 5.76. The summed E-state index contributed by atoms with van der Waals surface area (Å²) in [7, 11) is -3.69. The topological polar surface area (TPSA) is 94.8 Å².